The summed E-state index contributed by atoms with van der Waals surface area (Å²) in [5, 5.41) is 31.3. The Morgan fingerprint density at radius 2 is 0.917 bits per heavy atom. The Balaban J connectivity index is 3.67. The molecule has 0 saturated carbocycles. The molecule has 0 aliphatic carbocycles. The molecule has 208 valence electrons. The molecule has 10 heteroatoms. The van der Waals surface area contributed by atoms with Gasteiger partial charge in [0, 0.05) is 19.3 Å². The number of hydrogen-bond donors (Lipinski definition) is 5. The van der Waals surface area contributed by atoms with Crippen LogP contribution in [0, 0.1) is 0 Å². The van der Waals surface area contributed by atoms with Crippen LogP contribution in [-0.2, 0) is 24.0 Å². The molecule has 0 saturated heterocycles. The van der Waals surface area contributed by atoms with Crippen LogP contribution in [0.4, 0.5) is 0 Å². The molecule has 2 atom stereocenters. The molecule has 0 aromatic rings. The van der Waals surface area contributed by atoms with Gasteiger partial charge < -0.3 is 26.0 Å². The Morgan fingerprint density at radius 1 is 0.528 bits per heavy atom. The van der Waals surface area contributed by atoms with Gasteiger partial charge >= 0.3 is 17.9 Å². The van der Waals surface area contributed by atoms with Gasteiger partial charge in [-0.25, -0.2) is 4.79 Å². The molecule has 0 rings (SSSR count). The minimum Gasteiger partial charge on any atom is -0.481 e. The molecule has 36 heavy (non-hydrogen) atoms. The number of rotatable bonds is 24. The molecule has 0 fully saturated rings. The van der Waals surface area contributed by atoms with E-state index >= 15 is 0 Å². The van der Waals surface area contributed by atoms with E-state index in [4.69, 9.17) is 10.2 Å². The molecule has 0 heterocycles. The molecule has 0 aromatic heterocycles. The zero-order chi connectivity index (χ0) is 27.2. The maximum absolute atomic E-state index is 12.1. The van der Waals surface area contributed by atoms with Gasteiger partial charge in [0.2, 0.25) is 11.8 Å². The third-order valence-electron chi connectivity index (χ3n) is 6.09. The summed E-state index contributed by atoms with van der Waals surface area (Å²) in [5.41, 5.74) is 0. The van der Waals surface area contributed by atoms with E-state index in [-0.39, 0.29) is 31.6 Å². The summed E-state index contributed by atoms with van der Waals surface area (Å²) >= 11 is 0. The van der Waals surface area contributed by atoms with Gasteiger partial charge in [0.25, 0.3) is 0 Å². The molecule has 0 aromatic carbocycles. The number of hydrogen-bond acceptors (Lipinski definition) is 5. The minimum absolute atomic E-state index is 0.105. The van der Waals surface area contributed by atoms with E-state index in [1.165, 1.54) is 51.9 Å². The Labute approximate surface area is 214 Å². The first-order chi connectivity index (χ1) is 17.1. The van der Waals surface area contributed by atoms with Gasteiger partial charge in [0.15, 0.2) is 0 Å². The van der Waals surface area contributed by atoms with Crippen molar-refractivity contribution in [2.75, 3.05) is 0 Å². The normalized spacial score (nSPS) is 12.5. The number of carbonyl (C=O) groups excluding carboxylic acids is 2. The standard InChI is InChI=1S/C26H46N2O8/c1-20(25(33)34)27-23(30)19-18-21(26(35)36)28-22(29)16-14-12-10-8-6-4-2-3-5-7-9-11-13-15-17-24(31)32/h20-21H,2-19H2,1H3,(H,27,30)(H,28,29)(H,31,32)(H,33,34)(H,35,36)/t20-,21-/m0/s1. The van der Waals surface area contributed by atoms with Crippen molar-refractivity contribution in [2.45, 2.75) is 135 Å². The van der Waals surface area contributed by atoms with Crippen molar-refractivity contribution in [1.29, 1.82) is 0 Å². The van der Waals surface area contributed by atoms with Gasteiger partial charge in [0.1, 0.15) is 12.1 Å². The number of carboxylic acids is 3. The van der Waals surface area contributed by atoms with Crippen LogP contribution in [-0.4, -0.2) is 57.1 Å². The van der Waals surface area contributed by atoms with Crippen molar-refractivity contribution in [2.24, 2.45) is 0 Å². The van der Waals surface area contributed by atoms with E-state index in [0.717, 1.165) is 38.5 Å². The SMILES string of the molecule is C[C@H](NC(=O)CC[C@H](NC(=O)CCCCCCCCCCCCCCCCC(=O)O)C(=O)O)C(=O)O. The highest BCUT2D eigenvalue weighted by Crippen LogP contribution is 2.14. The molecule has 0 radical (unpaired) electrons. The third-order valence-corrected chi connectivity index (χ3v) is 6.09. The Hall–Kier alpha value is -2.65. The molecule has 0 bridgehead atoms. The molecule has 0 aliphatic rings. The van der Waals surface area contributed by atoms with Gasteiger partial charge in [-0.15, -0.1) is 0 Å². The number of aliphatic carboxylic acids is 3. The fourth-order valence-electron chi connectivity index (χ4n) is 3.86. The van der Waals surface area contributed by atoms with Crippen LogP contribution >= 0.6 is 0 Å². The lowest BCUT2D eigenvalue weighted by molar-refractivity contribution is -0.143. The van der Waals surface area contributed by atoms with Crippen LogP contribution in [0.25, 0.3) is 0 Å². The summed E-state index contributed by atoms with van der Waals surface area (Å²) in [6, 6.07) is -2.24. The molecule has 0 spiro atoms. The average Bonchev–Trinajstić information content (AvgIpc) is 2.80. The predicted octanol–water partition coefficient (Wildman–Crippen LogP) is 4.25. The van der Waals surface area contributed by atoms with Crippen LogP contribution in [0.15, 0.2) is 0 Å². The fraction of sp³-hybridized carbons (Fsp3) is 0.808. The third kappa shape index (κ3) is 20.7. The molecule has 0 aliphatic heterocycles. The van der Waals surface area contributed by atoms with Crippen molar-refractivity contribution >= 4 is 29.7 Å². The number of amides is 2. The van der Waals surface area contributed by atoms with Gasteiger partial charge in [-0.3, -0.25) is 19.2 Å². The second kappa shape index (κ2) is 21.6. The molecule has 10 nitrogen and oxygen atoms in total. The van der Waals surface area contributed by atoms with E-state index in [1.54, 1.807) is 0 Å². The summed E-state index contributed by atoms with van der Waals surface area (Å²) in [5.74, 6) is -4.05. The zero-order valence-corrected chi connectivity index (χ0v) is 21.8. The van der Waals surface area contributed by atoms with E-state index in [1.807, 2.05) is 0 Å². The molecule has 2 amide bonds. The van der Waals surface area contributed by atoms with E-state index in [0.29, 0.717) is 6.42 Å². The smallest absolute Gasteiger partial charge is 0.326 e. The van der Waals surface area contributed by atoms with E-state index in [2.05, 4.69) is 10.6 Å². The lowest BCUT2D eigenvalue weighted by Crippen LogP contribution is -2.43. The summed E-state index contributed by atoms with van der Waals surface area (Å²) < 4.78 is 0. The van der Waals surface area contributed by atoms with Crippen LogP contribution in [0.3, 0.4) is 0 Å². The van der Waals surface area contributed by atoms with Gasteiger partial charge in [-0.2, -0.15) is 0 Å². The number of carboxylic acid groups (broad SMARTS) is 3. The number of carbonyl (C=O) groups is 5. The maximum Gasteiger partial charge on any atom is 0.326 e. The fourth-order valence-corrected chi connectivity index (χ4v) is 3.86. The molecule has 0 unspecified atom stereocenters. The lowest BCUT2D eigenvalue weighted by atomic mass is 10.0. The first-order valence-corrected chi connectivity index (χ1v) is 13.4. The van der Waals surface area contributed by atoms with Crippen LogP contribution in [0.2, 0.25) is 0 Å². The first-order valence-electron chi connectivity index (χ1n) is 13.4. The average molecular weight is 515 g/mol. The Morgan fingerprint density at radius 3 is 1.31 bits per heavy atom. The summed E-state index contributed by atoms with van der Waals surface area (Å²) in [4.78, 5) is 56.3. The first kappa shape index (κ1) is 33.4. The van der Waals surface area contributed by atoms with E-state index < -0.39 is 35.9 Å². The largest absolute Gasteiger partial charge is 0.481 e. The monoisotopic (exact) mass is 514 g/mol. The highest BCUT2D eigenvalue weighted by molar-refractivity contribution is 5.85. The van der Waals surface area contributed by atoms with Crippen LogP contribution in [0.5, 0.6) is 0 Å². The topological polar surface area (TPSA) is 170 Å². The van der Waals surface area contributed by atoms with Crippen LogP contribution in [0.1, 0.15) is 122 Å². The van der Waals surface area contributed by atoms with Gasteiger partial charge in [-0.1, -0.05) is 77.0 Å². The second-order valence-corrected chi connectivity index (χ2v) is 9.47. The highest BCUT2D eigenvalue weighted by atomic mass is 16.4. The highest BCUT2D eigenvalue weighted by Gasteiger charge is 2.22. The van der Waals surface area contributed by atoms with Crippen LogP contribution < -0.4 is 10.6 Å². The van der Waals surface area contributed by atoms with Gasteiger partial charge in [-0.05, 0) is 26.2 Å². The predicted molar refractivity (Wildman–Crippen MR) is 136 cm³/mol. The maximum atomic E-state index is 12.1. The lowest BCUT2D eigenvalue weighted by Gasteiger charge is -2.15. The van der Waals surface area contributed by atoms with Crippen molar-refractivity contribution in [3.05, 3.63) is 0 Å². The van der Waals surface area contributed by atoms with Crippen molar-refractivity contribution in [1.82, 2.24) is 10.6 Å². The Bertz CT molecular complexity index is 668. The Kier molecular flexibility index (Phi) is 20.0. The number of unbranched alkanes of at least 4 members (excludes halogenated alkanes) is 13. The van der Waals surface area contributed by atoms with E-state index in [9.17, 15) is 29.1 Å². The summed E-state index contributed by atoms with van der Waals surface area (Å²) in [6.07, 6.45) is 15.3. The van der Waals surface area contributed by atoms with Gasteiger partial charge in [0.05, 0.1) is 0 Å². The van der Waals surface area contributed by atoms with Crippen molar-refractivity contribution < 1.29 is 39.3 Å². The number of nitrogens with one attached hydrogen (secondary N) is 2. The summed E-state index contributed by atoms with van der Waals surface area (Å²) in [7, 11) is 0. The van der Waals surface area contributed by atoms with Crippen molar-refractivity contribution in [3.8, 4) is 0 Å². The molecular weight excluding hydrogens is 468 g/mol. The quantitative estimate of drug-likeness (QED) is 0.119. The molecule has 5 N–H and O–H groups in total. The second-order valence-electron chi connectivity index (χ2n) is 9.47. The minimum atomic E-state index is -1.22. The zero-order valence-electron chi connectivity index (χ0n) is 21.8. The summed E-state index contributed by atoms with van der Waals surface area (Å²) in [6.45, 7) is 1.32. The van der Waals surface area contributed by atoms with Crippen molar-refractivity contribution in [3.63, 3.8) is 0 Å². The molecular formula is C26H46N2O8.